The standard InChI is InChI=1S/C37H48ClNO7S/c1-3-4-5-6-7-8-9-10-11-12-13-14-15-16-17-18-23-35(42)46-29(2)44-28-45-37(43)36(31-21-19-20-22-32(31)38)39-25-24-33(47)30(27-39)26-34(40)41/h4-5,7-8,10-11,13-14,16-17,19-22,26,29,33,36,47H,3,6,9,12,15,18,23-25,27-28H2,1-2H3,(H,40,41)/b5-4-,8-7-,11-10-,14-13-,17-16-,30-26-/t29?,33?,36-/m0/s1. The van der Waals surface area contributed by atoms with E-state index in [4.69, 9.17) is 25.8 Å². The fourth-order valence-electron chi connectivity index (χ4n) is 4.70. The third kappa shape index (κ3) is 16.8. The van der Waals surface area contributed by atoms with E-state index in [9.17, 15) is 19.5 Å². The second-order valence-electron chi connectivity index (χ2n) is 10.8. The Bertz CT molecular complexity index is 1300. The number of thiol groups is 1. The number of rotatable bonds is 20. The summed E-state index contributed by atoms with van der Waals surface area (Å²) in [6.07, 6.45) is 27.3. The molecule has 0 aromatic heterocycles. The van der Waals surface area contributed by atoms with Crippen molar-refractivity contribution in [3.8, 4) is 0 Å². The van der Waals surface area contributed by atoms with Crippen molar-refractivity contribution in [2.24, 2.45) is 0 Å². The number of carbonyl (C=O) groups is 3. The molecule has 0 aliphatic carbocycles. The van der Waals surface area contributed by atoms with Crippen molar-refractivity contribution < 1.29 is 33.7 Å². The van der Waals surface area contributed by atoms with Crippen LogP contribution in [-0.4, -0.2) is 59.3 Å². The van der Waals surface area contributed by atoms with E-state index >= 15 is 0 Å². The fraction of sp³-hybridized carbons (Fsp3) is 0.432. The highest BCUT2D eigenvalue weighted by Crippen LogP contribution is 2.33. The van der Waals surface area contributed by atoms with Gasteiger partial charge < -0.3 is 19.3 Å². The molecule has 1 aliphatic rings. The summed E-state index contributed by atoms with van der Waals surface area (Å²) in [5.74, 6) is -2.12. The summed E-state index contributed by atoms with van der Waals surface area (Å²) in [5, 5.41) is 9.40. The average Bonchev–Trinajstić information content (AvgIpc) is 3.03. The van der Waals surface area contributed by atoms with Gasteiger partial charge in [-0.25, -0.2) is 9.59 Å². The Morgan fingerprint density at radius 3 is 2.17 bits per heavy atom. The molecular formula is C37H48ClNO7S. The van der Waals surface area contributed by atoms with Crippen molar-refractivity contribution in [2.45, 2.75) is 82.8 Å². The molecule has 47 heavy (non-hydrogen) atoms. The number of allylic oxidation sites excluding steroid dienone is 10. The number of piperidine rings is 1. The molecule has 3 atom stereocenters. The van der Waals surface area contributed by atoms with E-state index in [1.165, 1.54) is 0 Å². The molecule has 1 saturated heterocycles. The Morgan fingerprint density at radius 2 is 1.57 bits per heavy atom. The van der Waals surface area contributed by atoms with Crippen molar-refractivity contribution in [2.75, 3.05) is 19.9 Å². The van der Waals surface area contributed by atoms with Crippen LogP contribution < -0.4 is 0 Å². The summed E-state index contributed by atoms with van der Waals surface area (Å²) in [6, 6.07) is 6.02. The minimum absolute atomic E-state index is 0.195. The SMILES string of the molecule is CC/C=C\C/C=C\C/C=C\C/C=C\C/C=C\CCC(=O)OC(C)OCOC(=O)[C@H](c1ccccc1Cl)N1CCC(S)/C(=C\C(=O)O)C1. The lowest BCUT2D eigenvalue weighted by molar-refractivity contribution is -0.201. The van der Waals surface area contributed by atoms with Gasteiger partial charge in [0.1, 0.15) is 6.04 Å². The number of likely N-dealkylation sites (tertiary alicyclic amines) is 1. The van der Waals surface area contributed by atoms with Crippen LogP contribution in [0.25, 0.3) is 0 Å². The number of nitrogens with zero attached hydrogens (tertiary/aromatic N) is 1. The highest BCUT2D eigenvalue weighted by atomic mass is 35.5. The van der Waals surface area contributed by atoms with Crippen LogP contribution in [0.1, 0.15) is 76.8 Å². The molecule has 10 heteroatoms. The van der Waals surface area contributed by atoms with Crippen molar-refractivity contribution in [1.29, 1.82) is 0 Å². The first-order valence-corrected chi connectivity index (χ1v) is 16.9. The summed E-state index contributed by atoms with van der Waals surface area (Å²) >= 11 is 10.9. The second-order valence-corrected chi connectivity index (χ2v) is 11.8. The van der Waals surface area contributed by atoms with Crippen LogP contribution in [0.5, 0.6) is 0 Å². The van der Waals surface area contributed by atoms with Gasteiger partial charge in [0.15, 0.2) is 6.79 Å². The molecule has 0 spiro atoms. The third-order valence-corrected chi connectivity index (χ3v) is 8.01. The van der Waals surface area contributed by atoms with Crippen molar-refractivity contribution >= 4 is 42.1 Å². The summed E-state index contributed by atoms with van der Waals surface area (Å²) in [4.78, 5) is 38.6. The van der Waals surface area contributed by atoms with E-state index in [1.807, 2.05) is 17.1 Å². The smallest absolute Gasteiger partial charge is 0.330 e. The predicted molar refractivity (Wildman–Crippen MR) is 190 cm³/mol. The van der Waals surface area contributed by atoms with Gasteiger partial charge in [-0.1, -0.05) is 97.5 Å². The number of aliphatic carboxylic acids is 1. The molecule has 0 bridgehead atoms. The van der Waals surface area contributed by atoms with Crippen molar-refractivity contribution in [3.05, 3.63) is 107 Å². The number of halogens is 1. The number of hydrogen-bond acceptors (Lipinski definition) is 8. The number of benzene rings is 1. The summed E-state index contributed by atoms with van der Waals surface area (Å²) < 4.78 is 16.1. The topological polar surface area (TPSA) is 102 Å². The number of hydrogen-bond donors (Lipinski definition) is 2. The first kappa shape index (κ1) is 39.8. The largest absolute Gasteiger partial charge is 0.478 e. The monoisotopic (exact) mass is 685 g/mol. The maximum absolute atomic E-state index is 13.3. The number of carboxylic acids is 1. The molecule has 1 aliphatic heterocycles. The molecule has 1 fully saturated rings. The summed E-state index contributed by atoms with van der Waals surface area (Å²) in [6.45, 7) is 3.92. The van der Waals surface area contributed by atoms with Gasteiger partial charge in [0.25, 0.3) is 0 Å². The van der Waals surface area contributed by atoms with Gasteiger partial charge in [0, 0.05) is 35.9 Å². The van der Waals surface area contributed by atoms with E-state index in [-0.39, 0.29) is 18.2 Å². The molecule has 1 N–H and O–H groups in total. The van der Waals surface area contributed by atoms with E-state index in [0.29, 0.717) is 35.5 Å². The fourth-order valence-corrected chi connectivity index (χ4v) is 5.21. The molecule has 0 radical (unpaired) electrons. The molecule has 1 aromatic carbocycles. The van der Waals surface area contributed by atoms with Gasteiger partial charge in [-0.3, -0.25) is 9.69 Å². The molecule has 1 heterocycles. The molecule has 2 unspecified atom stereocenters. The number of esters is 2. The Balaban J connectivity index is 1.72. The summed E-state index contributed by atoms with van der Waals surface area (Å²) in [7, 11) is 0. The average molecular weight is 686 g/mol. The van der Waals surface area contributed by atoms with Crippen LogP contribution in [-0.2, 0) is 28.6 Å². The molecule has 2 rings (SSSR count). The lowest BCUT2D eigenvalue weighted by Crippen LogP contribution is -2.43. The van der Waals surface area contributed by atoms with Gasteiger partial charge in [0.2, 0.25) is 6.29 Å². The minimum atomic E-state index is -1.08. The van der Waals surface area contributed by atoms with E-state index < -0.39 is 37.0 Å². The van der Waals surface area contributed by atoms with Crippen LogP contribution in [0.3, 0.4) is 0 Å². The van der Waals surface area contributed by atoms with Gasteiger partial charge in [-0.2, -0.15) is 12.6 Å². The van der Waals surface area contributed by atoms with Gasteiger partial charge in [0.05, 0.1) is 0 Å². The van der Waals surface area contributed by atoms with Gasteiger partial charge >= 0.3 is 17.9 Å². The Hall–Kier alpha value is -3.37. The first-order valence-electron chi connectivity index (χ1n) is 16.1. The van der Waals surface area contributed by atoms with Crippen LogP contribution in [0.15, 0.2) is 96.7 Å². The maximum Gasteiger partial charge on any atom is 0.330 e. The normalized spacial score (nSPS) is 18.2. The molecule has 8 nitrogen and oxygen atoms in total. The van der Waals surface area contributed by atoms with Crippen molar-refractivity contribution in [3.63, 3.8) is 0 Å². The molecule has 1 aromatic rings. The molecular weight excluding hydrogens is 638 g/mol. The maximum atomic E-state index is 13.3. The van der Waals surface area contributed by atoms with E-state index in [1.54, 1.807) is 31.2 Å². The van der Waals surface area contributed by atoms with Crippen LogP contribution in [0.4, 0.5) is 0 Å². The first-order chi connectivity index (χ1) is 22.7. The third-order valence-electron chi connectivity index (χ3n) is 7.07. The lowest BCUT2D eigenvalue weighted by Gasteiger charge is -2.37. The number of carboxylic acid groups (broad SMARTS) is 1. The van der Waals surface area contributed by atoms with E-state index in [2.05, 4.69) is 68.2 Å². The number of ether oxygens (including phenoxy) is 3. The quantitative estimate of drug-likeness (QED) is 0.0464. The second kappa shape index (κ2) is 23.9. The minimum Gasteiger partial charge on any atom is -0.478 e. The number of carbonyl (C=O) groups excluding carboxylic acids is 2. The Morgan fingerprint density at radius 1 is 0.979 bits per heavy atom. The van der Waals surface area contributed by atoms with Gasteiger partial charge in [-0.15, -0.1) is 0 Å². The van der Waals surface area contributed by atoms with Crippen LogP contribution >= 0.6 is 24.2 Å². The van der Waals surface area contributed by atoms with E-state index in [0.717, 1.165) is 38.2 Å². The molecule has 0 saturated carbocycles. The summed E-state index contributed by atoms with van der Waals surface area (Å²) in [5.41, 5.74) is 1.11. The highest BCUT2D eigenvalue weighted by molar-refractivity contribution is 7.81. The molecule has 256 valence electrons. The Kier molecular flexibility index (Phi) is 20.2. The lowest BCUT2D eigenvalue weighted by atomic mass is 9.98. The van der Waals surface area contributed by atoms with Crippen molar-refractivity contribution in [1.82, 2.24) is 4.90 Å². The zero-order chi connectivity index (χ0) is 34.3. The predicted octanol–water partition coefficient (Wildman–Crippen LogP) is 8.33. The zero-order valence-electron chi connectivity index (χ0n) is 27.3. The van der Waals surface area contributed by atoms with Gasteiger partial charge in [-0.05, 0) is 69.1 Å². The Labute approximate surface area is 289 Å². The van der Waals surface area contributed by atoms with Crippen LogP contribution in [0, 0.1) is 0 Å². The molecule has 0 amide bonds. The highest BCUT2D eigenvalue weighted by Gasteiger charge is 2.35. The zero-order valence-corrected chi connectivity index (χ0v) is 29.0. The van der Waals surface area contributed by atoms with Crippen LogP contribution in [0.2, 0.25) is 5.02 Å².